The Morgan fingerprint density at radius 3 is 2.82 bits per heavy atom. The van der Waals surface area contributed by atoms with E-state index >= 15 is 0 Å². The molecular formula is C12H16BrFN2O. The quantitative estimate of drug-likeness (QED) is 0.898. The molecular weight excluding hydrogens is 287 g/mol. The van der Waals surface area contributed by atoms with Gasteiger partial charge >= 0.3 is 0 Å². The van der Waals surface area contributed by atoms with Gasteiger partial charge < -0.3 is 11.1 Å². The summed E-state index contributed by atoms with van der Waals surface area (Å²) in [5, 5.41) is 2.50. The molecule has 0 aliphatic carbocycles. The van der Waals surface area contributed by atoms with Crippen molar-refractivity contribution in [3.05, 3.63) is 28.5 Å². The van der Waals surface area contributed by atoms with Crippen LogP contribution >= 0.6 is 15.9 Å². The third-order valence-electron chi connectivity index (χ3n) is 2.75. The van der Waals surface area contributed by atoms with Crippen molar-refractivity contribution in [1.82, 2.24) is 0 Å². The first kappa shape index (κ1) is 14.1. The van der Waals surface area contributed by atoms with Gasteiger partial charge in [-0.1, -0.05) is 36.2 Å². The monoisotopic (exact) mass is 302 g/mol. The van der Waals surface area contributed by atoms with Gasteiger partial charge in [-0.25, -0.2) is 4.39 Å². The average molecular weight is 303 g/mol. The molecule has 0 spiro atoms. The molecule has 1 aromatic carbocycles. The van der Waals surface area contributed by atoms with Gasteiger partial charge in [0.25, 0.3) is 0 Å². The van der Waals surface area contributed by atoms with Crippen molar-refractivity contribution in [3.8, 4) is 0 Å². The molecule has 1 amide bonds. The summed E-state index contributed by atoms with van der Waals surface area (Å²) in [4.78, 5) is 11.8. The fourth-order valence-corrected chi connectivity index (χ4v) is 1.68. The van der Waals surface area contributed by atoms with Crippen molar-refractivity contribution in [2.45, 2.75) is 26.3 Å². The molecule has 94 valence electrons. The van der Waals surface area contributed by atoms with Crippen LogP contribution in [0.4, 0.5) is 10.1 Å². The fraction of sp³-hybridized carbons (Fsp3) is 0.417. The second-order valence-electron chi connectivity index (χ2n) is 4.02. The van der Waals surface area contributed by atoms with Gasteiger partial charge in [-0.05, 0) is 24.1 Å². The molecule has 3 N–H and O–H groups in total. The number of rotatable bonds is 4. The van der Waals surface area contributed by atoms with Crippen LogP contribution in [0.3, 0.4) is 0 Å². The molecule has 0 saturated carbocycles. The van der Waals surface area contributed by atoms with Gasteiger partial charge in [-0.15, -0.1) is 0 Å². The molecule has 0 saturated heterocycles. The van der Waals surface area contributed by atoms with Gasteiger partial charge in [0, 0.05) is 4.47 Å². The third kappa shape index (κ3) is 3.78. The highest BCUT2D eigenvalue weighted by molar-refractivity contribution is 9.10. The number of amides is 1. The molecule has 1 aromatic rings. The first-order valence-electron chi connectivity index (χ1n) is 5.47. The van der Waals surface area contributed by atoms with E-state index < -0.39 is 11.9 Å². The summed E-state index contributed by atoms with van der Waals surface area (Å²) in [6.45, 7) is 3.85. The summed E-state index contributed by atoms with van der Waals surface area (Å²) < 4.78 is 14.1. The van der Waals surface area contributed by atoms with Crippen molar-refractivity contribution < 1.29 is 9.18 Å². The SMILES string of the molecule is CCC(C)[C@H](N)C(=O)Nc1cc(Br)ccc1F. The highest BCUT2D eigenvalue weighted by Gasteiger charge is 2.20. The highest BCUT2D eigenvalue weighted by atomic mass is 79.9. The molecule has 0 bridgehead atoms. The molecule has 3 nitrogen and oxygen atoms in total. The van der Waals surface area contributed by atoms with Crippen LogP contribution < -0.4 is 11.1 Å². The zero-order valence-corrected chi connectivity index (χ0v) is 11.4. The van der Waals surface area contributed by atoms with Crippen LogP contribution in [-0.4, -0.2) is 11.9 Å². The van der Waals surface area contributed by atoms with E-state index in [-0.39, 0.29) is 17.5 Å². The summed E-state index contributed by atoms with van der Waals surface area (Å²) in [5.74, 6) is -0.778. The zero-order chi connectivity index (χ0) is 13.0. The lowest BCUT2D eigenvalue weighted by molar-refractivity contribution is -0.118. The van der Waals surface area contributed by atoms with Gasteiger partial charge in [0.05, 0.1) is 11.7 Å². The first-order chi connectivity index (χ1) is 7.95. The van der Waals surface area contributed by atoms with E-state index in [0.717, 1.165) is 6.42 Å². The second kappa shape index (κ2) is 6.12. The summed E-state index contributed by atoms with van der Waals surface area (Å²) in [6, 6.07) is 3.74. The topological polar surface area (TPSA) is 55.1 Å². The molecule has 0 aliphatic heterocycles. The molecule has 17 heavy (non-hydrogen) atoms. The van der Waals surface area contributed by atoms with E-state index in [9.17, 15) is 9.18 Å². The molecule has 1 unspecified atom stereocenters. The lowest BCUT2D eigenvalue weighted by Crippen LogP contribution is -2.40. The van der Waals surface area contributed by atoms with E-state index in [0.29, 0.717) is 4.47 Å². The number of hydrogen-bond acceptors (Lipinski definition) is 2. The van der Waals surface area contributed by atoms with Crippen LogP contribution in [0, 0.1) is 11.7 Å². The Balaban J connectivity index is 2.77. The maximum absolute atomic E-state index is 13.4. The molecule has 0 aliphatic rings. The second-order valence-corrected chi connectivity index (χ2v) is 4.94. The van der Waals surface area contributed by atoms with Gasteiger partial charge in [0.1, 0.15) is 5.82 Å². The van der Waals surface area contributed by atoms with Gasteiger partial charge in [0.15, 0.2) is 0 Å². The minimum atomic E-state index is -0.626. The summed E-state index contributed by atoms with van der Waals surface area (Å²) in [7, 11) is 0. The van der Waals surface area contributed by atoms with Crippen molar-refractivity contribution in [2.75, 3.05) is 5.32 Å². The van der Waals surface area contributed by atoms with Crippen molar-refractivity contribution in [2.24, 2.45) is 11.7 Å². The molecule has 0 fully saturated rings. The molecule has 2 atom stereocenters. The third-order valence-corrected chi connectivity index (χ3v) is 3.24. The molecule has 0 heterocycles. The van der Waals surface area contributed by atoms with Crippen LogP contribution in [0.2, 0.25) is 0 Å². The minimum Gasteiger partial charge on any atom is -0.322 e. The lowest BCUT2D eigenvalue weighted by Gasteiger charge is -2.18. The predicted molar refractivity (Wildman–Crippen MR) is 70.2 cm³/mol. The van der Waals surface area contributed by atoms with Crippen LogP contribution in [0.1, 0.15) is 20.3 Å². The van der Waals surface area contributed by atoms with E-state index in [4.69, 9.17) is 5.73 Å². The van der Waals surface area contributed by atoms with Crippen molar-refractivity contribution >= 4 is 27.5 Å². The Hall–Kier alpha value is -0.940. The van der Waals surface area contributed by atoms with Crippen LogP contribution in [-0.2, 0) is 4.79 Å². The van der Waals surface area contributed by atoms with E-state index in [1.54, 1.807) is 6.07 Å². The number of nitrogens with two attached hydrogens (primary N) is 1. The number of carbonyl (C=O) groups is 1. The van der Waals surface area contributed by atoms with E-state index in [1.165, 1.54) is 12.1 Å². The maximum Gasteiger partial charge on any atom is 0.241 e. The average Bonchev–Trinajstić information content (AvgIpc) is 2.31. The fourth-order valence-electron chi connectivity index (χ4n) is 1.32. The number of hydrogen-bond donors (Lipinski definition) is 2. The largest absolute Gasteiger partial charge is 0.322 e. The molecule has 5 heteroatoms. The summed E-state index contributed by atoms with van der Waals surface area (Å²) in [6.07, 6.45) is 0.801. The Kier molecular flexibility index (Phi) is 5.08. The molecule has 0 aromatic heterocycles. The predicted octanol–water partition coefficient (Wildman–Crippen LogP) is 2.90. The lowest BCUT2D eigenvalue weighted by atomic mass is 9.99. The Bertz CT molecular complexity index is 411. The normalized spacial score (nSPS) is 14.2. The number of benzene rings is 1. The minimum absolute atomic E-state index is 0.0604. The summed E-state index contributed by atoms with van der Waals surface area (Å²) in [5.41, 5.74) is 5.90. The highest BCUT2D eigenvalue weighted by Crippen LogP contribution is 2.20. The Labute approximate surface area is 109 Å². The van der Waals surface area contributed by atoms with Crippen LogP contribution in [0.25, 0.3) is 0 Å². The number of nitrogens with one attached hydrogen (secondary N) is 1. The number of halogens is 2. The first-order valence-corrected chi connectivity index (χ1v) is 6.26. The summed E-state index contributed by atoms with van der Waals surface area (Å²) >= 11 is 3.22. The van der Waals surface area contributed by atoms with E-state index in [2.05, 4.69) is 21.2 Å². The Morgan fingerprint density at radius 2 is 2.24 bits per heavy atom. The van der Waals surface area contributed by atoms with Crippen LogP contribution in [0.15, 0.2) is 22.7 Å². The van der Waals surface area contributed by atoms with Crippen LogP contribution in [0.5, 0.6) is 0 Å². The maximum atomic E-state index is 13.4. The van der Waals surface area contributed by atoms with E-state index in [1.807, 2.05) is 13.8 Å². The van der Waals surface area contributed by atoms with Gasteiger partial charge in [-0.3, -0.25) is 4.79 Å². The standard InChI is InChI=1S/C12H16BrFN2O/c1-3-7(2)11(15)12(17)16-10-6-8(13)4-5-9(10)14/h4-7,11H,3,15H2,1-2H3,(H,16,17)/t7?,11-/m0/s1. The molecule has 1 rings (SSSR count). The zero-order valence-electron chi connectivity index (χ0n) is 9.84. The van der Waals surface area contributed by atoms with Gasteiger partial charge in [0.2, 0.25) is 5.91 Å². The van der Waals surface area contributed by atoms with Crippen molar-refractivity contribution in [3.63, 3.8) is 0 Å². The molecule has 0 radical (unpaired) electrons. The Morgan fingerprint density at radius 1 is 1.59 bits per heavy atom. The van der Waals surface area contributed by atoms with Crippen molar-refractivity contribution in [1.29, 1.82) is 0 Å². The number of anilines is 1. The van der Waals surface area contributed by atoms with Gasteiger partial charge in [-0.2, -0.15) is 0 Å². The smallest absolute Gasteiger partial charge is 0.241 e. The number of carbonyl (C=O) groups excluding carboxylic acids is 1.